The number of hydrogen-bond donors (Lipinski definition) is 1. The molecule has 1 aromatic rings. The number of rotatable bonds is 7. The Balaban J connectivity index is 1.87. The van der Waals surface area contributed by atoms with Gasteiger partial charge in [0.05, 0.1) is 6.10 Å². The lowest BCUT2D eigenvalue weighted by Gasteiger charge is -2.28. The van der Waals surface area contributed by atoms with Crippen LogP contribution in [-0.4, -0.2) is 44.8 Å². The lowest BCUT2D eigenvalue weighted by molar-refractivity contribution is -0.00262. The standard InChI is InChI=1S/C17H28N2O/c1-18-11-10-15-7-3-4-8-16(15)13-19(2)14-17-9-5-6-12-20-17/h3-4,7-8,17-18H,5-6,9-14H2,1-2H3. The first-order valence-corrected chi connectivity index (χ1v) is 7.81. The molecule has 0 saturated carbocycles. The van der Waals surface area contributed by atoms with Gasteiger partial charge in [-0.15, -0.1) is 0 Å². The summed E-state index contributed by atoms with van der Waals surface area (Å²) in [4.78, 5) is 2.40. The van der Waals surface area contributed by atoms with Crippen LogP contribution in [0.1, 0.15) is 30.4 Å². The third-order valence-corrected chi connectivity index (χ3v) is 3.99. The van der Waals surface area contributed by atoms with Crippen LogP contribution in [0.5, 0.6) is 0 Å². The van der Waals surface area contributed by atoms with E-state index in [4.69, 9.17) is 4.74 Å². The topological polar surface area (TPSA) is 24.5 Å². The van der Waals surface area contributed by atoms with Gasteiger partial charge in [-0.1, -0.05) is 24.3 Å². The van der Waals surface area contributed by atoms with Crippen LogP contribution in [0.25, 0.3) is 0 Å². The van der Waals surface area contributed by atoms with Crippen LogP contribution in [0.4, 0.5) is 0 Å². The van der Waals surface area contributed by atoms with E-state index in [0.717, 1.165) is 32.7 Å². The van der Waals surface area contributed by atoms with Crippen molar-refractivity contribution in [2.75, 3.05) is 33.8 Å². The molecule has 0 bridgehead atoms. The van der Waals surface area contributed by atoms with Gasteiger partial charge in [-0.2, -0.15) is 0 Å². The van der Waals surface area contributed by atoms with Crippen LogP contribution in [0.3, 0.4) is 0 Å². The van der Waals surface area contributed by atoms with Crippen LogP contribution < -0.4 is 5.32 Å². The molecule has 0 radical (unpaired) electrons. The molecule has 1 N–H and O–H groups in total. The van der Waals surface area contributed by atoms with Gasteiger partial charge in [0.1, 0.15) is 0 Å². The molecule has 1 saturated heterocycles. The molecule has 1 atom stereocenters. The van der Waals surface area contributed by atoms with Gasteiger partial charge in [-0.05, 0) is 57.5 Å². The fourth-order valence-corrected chi connectivity index (χ4v) is 2.87. The van der Waals surface area contributed by atoms with E-state index in [2.05, 4.69) is 41.5 Å². The number of nitrogens with zero attached hydrogens (tertiary/aromatic N) is 1. The highest BCUT2D eigenvalue weighted by Gasteiger charge is 2.16. The zero-order valence-electron chi connectivity index (χ0n) is 12.9. The van der Waals surface area contributed by atoms with Gasteiger partial charge in [0.15, 0.2) is 0 Å². The van der Waals surface area contributed by atoms with Crippen molar-refractivity contribution in [1.29, 1.82) is 0 Å². The number of hydrogen-bond acceptors (Lipinski definition) is 3. The SMILES string of the molecule is CNCCc1ccccc1CN(C)CC1CCCCO1. The fourth-order valence-electron chi connectivity index (χ4n) is 2.87. The Bertz CT molecular complexity index is 388. The Morgan fingerprint density at radius 3 is 2.75 bits per heavy atom. The first-order valence-electron chi connectivity index (χ1n) is 7.81. The summed E-state index contributed by atoms with van der Waals surface area (Å²) in [6.07, 6.45) is 5.29. The summed E-state index contributed by atoms with van der Waals surface area (Å²) in [6.45, 7) is 4.03. The highest BCUT2D eigenvalue weighted by molar-refractivity contribution is 5.27. The van der Waals surface area contributed by atoms with Crippen LogP contribution in [0.15, 0.2) is 24.3 Å². The summed E-state index contributed by atoms with van der Waals surface area (Å²) in [5.41, 5.74) is 2.90. The van der Waals surface area contributed by atoms with Crippen molar-refractivity contribution in [1.82, 2.24) is 10.2 Å². The Hall–Kier alpha value is -0.900. The molecule has 3 heteroatoms. The summed E-state index contributed by atoms with van der Waals surface area (Å²) in [5.74, 6) is 0. The highest BCUT2D eigenvalue weighted by atomic mass is 16.5. The predicted molar refractivity (Wildman–Crippen MR) is 84.0 cm³/mol. The maximum atomic E-state index is 5.83. The van der Waals surface area contributed by atoms with Crippen molar-refractivity contribution in [3.8, 4) is 0 Å². The summed E-state index contributed by atoms with van der Waals surface area (Å²) >= 11 is 0. The zero-order valence-corrected chi connectivity index (χ0v) is 12.9. The molecule has 112 valence electrons. The van der Waals surface area contributed by atoms with Gasteiger partial charge >= 0.3 is 0 Å². The molecule has 1 unspecified atom stereocenters. The molecule has 0 spiro atoms. The lowest BCUT2D eigenvalue weighted by Crippen LogP contribution is -2.33. The highest BCUT2D eigenvalue weighted by Crippen LogP contribution is 2.16. The Morgan fingerprint density at radius 1 is 1.25 bits per heavy atom. The number of benzene rings is 1. The molecule has 0 aromatic heterocycles. The Kier molecular flexibility index (Phi) is 6.51. The molecular weight excluding hydrogens is 248 g/mol. The van der Waals surface area contributed by atoms with Crippen molar-refractivity contribution in [3.63, 3.8) is 0 Å². The quantitative estimate of drug-likeness (QED) is 0.828. The average Bonchev–Trinajstić information content (AvgIpc) is 2.47. The van der Waals surface area contributed by atoms with E-state index in [1.54, 1.807) is 0 Å². The van der Waals surface area contributed by atoms with Crippen LogP contribution in [-0.2, 0) is 17.7 Å². The van der Waals surface area contributed by atoms with Gasteiger partial charge in [-0.25, -0.2) is 0 Å². The van der Waals surface area contributed by atoms with Gasteiger partial charge < -0.3 is 10.1 Å². The van der Waals surface area contributed by atoms with Crippen LogP contribution >= 0.6 is 0 Å². The first kappa shape index (κ1) is 15.5. The Labute approximate surface area is 123 Å². The largest absolute Gasteiger partial charge is 0.377 e. The van der Waals surface area contributed by atoms with E-state index in [-0.39, 0.29) is 0 Å². The minimum atomic E-state index is 0.429. The number of likely N-dealkylation sites (N-methyl/N-ethyl adjacent to an activating group) is 2. The molecule has 1 fully saturated rings. The minimum absolute atomic E-state index is 0.429. The van der Waals surface area contributed by atoms with Crippen molar-refractivity contribution in [2.24, 2.45) is 0 Å². The van der Waals surface area contributed by atoms with E-state index in [0.29, 0.717) is 6.10 Å². The Morgan fingerprint density at radius 2 is 2.05 bits per heavy atom. The van der Waals surface area contributed by atoms with Crippen molar-refractivity contribution < 1.29 is 4.74 Å². The van der Waals surface area contributed by atoms with Gasteiger partial charge in [0.2, 0.25) is 0 Å². The van der Waals surface area contributed by atoms with Crippen LogP contribution in [0.2, 0.25) is 0 Å². The van der Waals surface area contributed by atoms with E-state index >= 15 is 0 Å². The van der Waals surface area contributed by atoms with Crippen molar-refractivity contribution in [2.45, 2.75) is 38.3 Å². The summed E-state index contributed by atoms with van der Waals surface area (Å²) in [7, 11) is 4.21. The third kappa shape index (κ3) is 4.89. The normalized spacial score (nSPS) is 19.4. The monoisotopic (exact) mass is 276 g/mol. The third-order valence-electron chi connectivity index (χ3n) is 3.99. The summed E-state index contributed by atoms with van der Waals surface area (Å²) in [6, 6.07) is 8.78. The molecule has 3 nitrogen and oxygen atoms in total. The second kappa shape index (κ2) is 8.40. The molecule has 1 aliphatic rings. The molecule has 1 heterocycles. The van der Waals surface area contributed by atoms with Gasteiger partial charge in [-0.3, -0.25) is 4.90 Å². The molecular formula is C17H28N2O. The fraction of sp³-hybridized carbons (Fsp3) is 0.647. The van der Waals surface area contributed by atoms with Crippen molar-refractivity contribution in [3.05, 3.63) is 35.4 Å². The second-order valence-electron chi connectivity index (χ2n) is 5.81. The number of ether oxygens (including phenoxy) is 1. The maximum absolute atomic E-state index is 5.83. The average molecular weight is 276 g/mol. The lowest BCUT2D eigenvalue weighted by atomic mass is 10.0. The van der Waals surface area contributed by atoms with E-state index in [1.807, 2.05) is 7.05 Å². The van der Waals surface area contributed by atoms with E-state index in [9.17, 15) is 0 Å². The van der Waals surface area contributed by atoms with Crippen LogP contribution in [0, 0.1) is 0 Å². The zero-order chi connectivity index (χ0) is 14.2. The molecule has 0 aliphatic carbocycles. The predicted octanol–water partition coefficient (Wildman–Crippen LogP) is 2.45. The van der Waals surface area contributed by atoms with Gasteiger partial charge in [0.25, 0.3) is 0 Å². The smallest absolute Gasteiger partial charge is 0.0702 e. The summed E-state index contributed by atoms with van der Waals surface area (Å²) in [5, 5.41) is 3.23. The minimum Gasteiger partial charge on any atom is -0.377 e. The van der Waals surface area contributed by atoms with Crippen molar-refractivity contribution >= 4 is 0 Å². The molecule has 2 rings (SSSR count). The molecule has 1 aliphatic heterocycles. The second-order valence-corrected chi connectivity index (χ2v) is 5.81. The number of nitrogens with one attached hydrogen (secondary N) is 1. The molecule has 1 aromatic carbocycles. The van der Waals surface area contributed by atoms with Gasteiger partial charge in [0, 0.05) is 19.7 Å². The van der Waals surface area contributed by atoms with E-state index < -0.39 is 0 Å². The van der Waals surface area contributed by atoms with E-state index in [1.165, 1.54) is 30.4 Å². The molecule has 0 amide bonds. The maximum Gasteiger partial charge on any atom is 0.0702 e. The first-order chi connectivity index (χ1) is 9.79. The summed E-state index contributed by atoms with van der Waals surface area (Å²) < 4.78 is 5.83. The molecule has 20 heavy (non-hydrogen) atoms.